The van der Waals surface area contributed by atoms with E-state index in [9.17, 15) is 18.0 Å². The Morgan fingerprint density at radius 1 is 1.29 bits per heavy atom. The number of hydrogen-bond acceptors (Lipinski definition) is 7. The Labute approximate surface area is 165 Å². The average Bonchev–Trinajstić information content (AvgIpc) is 2.70. The molecule has 1 aliphatic rings. The van der Waals surface area contributed by atoms with E-state index in [4.69, 9.17) is 14.3 Å². The van der Waals surface area contributed by atoms with Gasteiger partial charge in [-0.1, -0.05) is 11.4 Å². The second-order valence-corrected chi connectivity index (χ2v) is 8.53. The van der Waals surface area contributed by atoms with E-state index in [1.807, 2.05) is 0 Å². The molecule has 1 aromatic rings. The monoisotopic (exact) mass is 414 g/mol. The zero-order chi connectivity index (χ0) is 20.9. The summed E-state index contributed by atoms with van der Waals surface area (Å²) >= 11 is 0. The van der Waals surface area contributed by atoms with E-state index in [2.05, 4.69) is 6.92 Å². The molecule has 0 radical (unpaired) electrons. The average molecular weight is 414 g/mol. The number of carbonyl (C=O) groups excluding carboxylic acids is 2. The number of hydrogen-bond donors (Lipinski definition) is 0. The summed E-state index contributed by atoms with van der Waals surface area (Å²) in [5, 5.41) is 0. The van der Waals surface area contributed by atoms with Gasteiger partial charge >= 0.3 is 5.97 Å². The fraction of sp³-hybridized carbons (Fsp3) is 0.556. The summed E-state index contributed by atoms with van der Waals surface area (Å²) in [5.74, 6) is -0.586. The van der Waals surface area contributed by atoms with E-state index in [1.165, 1.54) is 33.4 Å². The molecular formula is C18H26N2O7S. The molecule has 0 aliphatic carbocycles. The van der Waals surface area contributed by atoms with Gasteiger partial charge in [0.1, 0.15) is 10.6 Å². The van der Waals surface area contributed by atoms with E-state index in [0.717, 1.165) is 18.9 Å². The van der Waals surface area contributed by atoms with Gasteiger partial charge in [-0.3, -0.25) is 9.63 Å². The largest absolute Gasteiger partial charge is 0.495 e. The highest BCUT2D eigenvalue weighted by atomic mass is 32.2. The van der Waals surface area contributed by atoms with Crippen molar-refractivity contribution in [3.63, 3.8) is 0 Å². The summed E-state index contributed by atoms with van der Waals surface area (Å²) in [6.07, 6.45) is 2.00. The van der Waals surface area contributed by atoms with E-state index >= 15 is 0 Å². The SMILES string of the molecule is COc1ccc(C(=O)OCC(=O)N2CCC[C@@H](C)C2)cc1S(=O)(=O)N(C)OC. The zero-order valence-corrected chi connectivity index (χ0v) is 17.3. The minimum atomic E-state index is -4.04. The molecule has 1 atom stereocenters. The number of carbonyl (C=O) groups is 2. The van der Waals surface area contributed by atoms with Crippen LogP contribution in [0.3, 0.4) is 0 Å². The highest BCUT2D eigenvalue weighted by Crippen LogP contribution is 2.27. The number of amides is 1. The highest BCUT2D eigenvalue weighted by molar-refractivity contribution is 7.89. The maximum atomic E-state index is 12.5. The predicted molar refractivity (Wildman–Crippen MR) is 100 cm³/mol. The zero-order valence-electron chi connectivity index (χ0n) is 16.5. The molecule has 1 saturated heterocycles. The molecule has 1 fully saturated rings. The van der Waals surface area contributed by atoms with Gasteiger partial charge < -0.3 is 14.4 Å². The van der Waals surface area contributed by atoms with Gasteiger partial charge in [0, 0.05) is 20.1 Å². The van der Waals surface area contributed by atoms with Crippen molar-refractivity contribution in [1.82, 2.24) is 9.37 Å². The van der Waals surface area contributed by atoms with Crippen LogP contribution < -0.4 is 4.74 Å². The van der Waals surface area contributed by atoms with Crippen molar-refractivity contribution in [2.45, 2.75) is 24.7 Å². The van der Waals surface area contributed by atoms with Crippen molar-refractivity contribution in [2.24, 2.45) is 5.92 Å². The smallest absolute Gasteiger partial charge is 0.338 e. The van der Waals surface area contributed by atoms with Crippen LogP contribution in [0.15, 0.2) is 23.1 Å². The molecule has 0 saturated carbocycles. The Morgan fingerprint density at radius 3 is 2.61 bits per heavy atom. The molecule has 0 spiro atoms. The van der Waals surface area contributed by atoms with Crippen molar-refractivity contribution in [3.8, 4) is 5.75 Å². The van der Waals surface area contributed by atoms with Crippen molar-refractivity contribution >= 4 is 21.9 Å². The molecule has 1 amide bonds. The maximum absolute atomic E-state index is 12.5. The van der Waals surface area contributed by atoms with Gasteiger partial charge in [-0.15, -0.1) is 0 Å². The van der Waals surface area contributed by atoms with Crippen molar-refractivity contribution in [3.05, 3.63) is 23.8 Å². The van der Waals surface area contributed by atoms with Gasteiger partial charge in [0.25, 0.3) is 15.9 Å². The summed E-state index contributed by atoms with van der Waals surface area (Å²) in [5.41, 5.74) is -0.0105. The number of benzene rings is 1. The fourth-order valence-corrected chi connectivity index (χ4v) is 4.11. The van der Waals surface area contributed by atoms with Crippen LogP contribution >= 0.6 is 0 Å². The molecular weight excluding hydrogens is 388 g/mol. The van der Waals surface area contributed by atoms with Crippen LogP contribution in [-0.4, -0.2) is 70.6 Å². The molecule has 0 unspecified atom stereocenters. The third-order valence-electron chi connectivity index (χ3n) is 4.61. The lowest BCUT2D eigenvalue weighted by molar-refractivity contribution is -0.136. The number of esters is 1. The molecule has 1 heterocycles. The van der Waals surface area contributed by atoms with Crippen LogP contribution in [0.1, 0.15) is 30.1 Å². The second kappa shape index (κ2) is 9.35. The van der Waals surface area contributed by atoms with E-state index < -0.39 is 22.6 Å². The lowest BCUT2D eigenvalue weighted by atomic mass is 10.0. The number of nitrogens with zero attached hydrogens (tertiary/aromatic N) is 2. The first kappa shape index (κ1) is 22.1. The Morgan fingerprint density at radius 2 is 2.00 bits per heavy atom. The van der Waals surface area contributed by atoms with Crippen molar-refractivity contribution in [2.75, 3.05) is 41.0 Å². The molecule has 0 bridgehead atoms. The number of piperidine rings is 1. The lowest BCUT2D eigenvalue weighted by Gasteiger charge is -2.30. The molecule has 1 aliphatic heterocycles. The van der Waals surface area contributed by atoms with Gasteiger partial charge in [-0.05, 0) is 37.0 Å². The lowest BCUT2D eigenvalue weighted by Crippen LogP contribution is -2.41. The number of likely N-dealkylation sites (tertiary alicyclic amines) is 1. The Bertz CT molecular complexity index is 825. The fourth-order valence-electron chi connectivity index (χ4n) is 2.96. The highest BCUT2D eigenvalue weighted by Gasteiger charge is 2.27. The normalized spacial score (nSPS) is 17.5. The van der Waals surface area contributed by atoms with Crippen molar-refractivity contribution in [1.29, 1.82) is 0 Å². The van der Waals surface area contributed by atoms with E-state index in [0.29, 0.717) is 23.5 Å². The minimum absolute atomic E-state index is 0.0105. The summed E-state index contributed by atoms with van der Waals surface area (Å²) in [4.78, 5) is 30.8. The first-order valence-corrected chi connectivity index (χ1v) is 10.3. The third-order valence-corrected chi connectivity index (χ3v) is 6.31. The molecule has 9 nitrogen and oxygen atoms in total. The number of ether oxygens (including phenoxy) is 2. The standard InChI is InChI=1S/C18H26N2O7S/c1-13-6-5-9-20(11-13)17(21)12-27-18(22)14-7-8-15(25-3)16(10-14)28(23,24)19(2)26-4/h7-8,10,13H,5-6,9,11-12H2,1-4H3/t13-/m1/s1. The first-order chi connectivity index (χ1) is 13.2. The Hall–Kier alpha value is -2.17. The third kappa shape index (κ3) is 5.00. The number of hydroxylamine groups is 1. The minimum Gasteiger partial charge on any atom is -0.495 e. The van der Waals surface area contributed by atoms with Gasteiger partial charge in [0.15, 0.2) is 6.61 Å². The van der Waals surface area contributed by atoms with Crippen LogP contribution in [0.2, 0.25) is 0 Å². The quantitative estimate of drug-likeness (QED) is 0.489. The summed E-state index contributed by atoms with van der Waals surface area (Å²) in [6.45, 7) is 2.97. The van der Waals surface area contributed by atoms with Crippen molar-refractivity contribution < 1.29 is 32.3 Å². The summed E-state index contributed by atoms with van der Waals surface area (Å²) < 4.78 is 35.9. The van der Waals surface area contributed by atoms with Gasteiger partial charge in [-0.2, -0.15) is 0 Å². The van der Waals surface area contributed by atoms with Crippen LogP contribution in [0, 0.1) is 5.92 Å². The predicted octanol–water partition coefficient (Wildman–Crippen LogP) is 1.29. The molecule has 0 N–H and O–H groups in total. The molecule has 2 rings (SSSR count). The molecule has 1 aromatic carbocycles. The molecule has 28 heavy (non-hydrogen) atoms. The molecule has 0 aromatic heterocycles. The van der Waals surface area contributed by atoms with Gasteiger partial charge in [0.2, 0.25) is 0 Å². The number of rotatable bonds is 7. The number of sulfonamides is 1. The van der Waals surface area contributed by atoms with Gasteiger partial charge in [0.05, 0.1) is 19.8 Å². The van der Waals surface area contributed by atoms with Crippen LogP contribution in [0.25, 0.3) is 0 Å². The van der Waals surface area contributed by atoms with Crippen LogP contribution in [0.4, 0.5) is 0 Å². The second-order valence-electron chi connectivity index (χ2n) is 6.63. The van der Waals surface area contributed by atoms with Crippen LogP contribution in [-0.2, 0) is 24.4 Å². The molecule has 156 valence electrons. The molecule has 10 heteroatoms. The van der Waals surface area contributed by atoms with E-state index in [-0.39, 0.29) is 22.1 Å². The maximum Gasteiger partial charge on any atom is 0.338 e. The summed E-state index contributed by atoms with van der Waals surface area (Å²) in [6, 6.07) is 3.86. The van der Waals surface area contributed by atoms with Gasteiger partial charge in [-0.25, -0.2) is 13.2 Å². The summed E-state index contributed by atoms with van der Waals surface area (Å²) in [7, 11) is -0.298. The topological polar surface area (TPSA) is 102 Å². The Kier molecular flexibility index (Phi) is 7.39. The Balaban J connectivity index is 2.13. The first-order valence-electron chi connectivity index (χ1n) is 8.86. The number of methoxy groups -OCH3 is 1. The van der Waals surface area contributed by atoms with Crippen LogP contribution in [0.5, 0.6) is 5.75 Å². The van der Waals surface area contributed by atoms with E-state index in [1.54, 1.807) is 4.90 Å².